The average molecular weight is 496 g/mol. The number of nitrogens with one attached hydrogen (secondary N) is 3. The van der Waals surface area contributed by atoms with E-state index in [0.717, 1.165) is 5.56 Å². The van der Waals surface area contributed by atoms with Crippen LogP contribution in [0.3, 0.4) is 0 Å². The number of carbonyl (C=O) groups is 2. The monoisotopic (exact) mass is 495 g/mol. The molecule has 0 aliphatic carbocycles. The van der Waals surface area contributed by atoms with Crippen molar-refractivity contribution in [3.63, 3.8) is 0 Å². The molecule has 0 bridgehead atoms. The molecule has 1 aliphatic heterocycles. The van der Waals surface area contributed by atoms with Crippen LogP contribution in [0.2, 0.25) is 0 Å². The van der Waals surface area contributed by atoms with Crippen molar-refractivity contribution in [3.05, 3.63) is 83.9 Å². The Bertz CT molecular complexity index is 1330. The average Bonchev–Trinajstić information content (AvgIpc) is 2.87. The summed E-state index contributed by atoms with van der Waals surface area (Å²) in [7, 11) is -4.03. The van der Waals surface area contributed by atoms with Crippen LogP contribution in [0, 0.1) is 0 Å². The summed E-state index contributed by atoms with van der Waals surface area (Å²) >= 11 is 0. The van der Waals surface area contributed by atoms with Gasteiger partial charge >= 0.3 is 0 Å². The van der Waals surface area contributed by atoms with E-state index in [1.165, 1.54) is 30.3 Å². The van der Waals surface area contributed by atoms with Gasteiger partial charge < -0.3 is 20.1 Å². The highest BCUT2D eigenvalue weighted by Gasteiger charge is 2.23. The van der Waals surface area contributed by atoms with Crippen molar-refractivity contribution in [2.45, 2.75) is 24.4 Å². The van der Waals surface area contributed by atoms with Gasteiger partial charge in [0.2, 0.25) is 5.91 Å². The van der Waals surface area contributed by atoms with E-state index in [-0.39, 0.29) is 22.1 Å². The van der Waals surface area contributed by atoms with Crippen LogP contribution >= 0.6 is 0 Å². The topological polar surface area (TPSA) is 123 Å². The molecular formula is C25H25N3O6S. The van der Waals surface area contributed by atoms with Crippen LogP contribution in [-0.2, 0) is 21.4 Å². The minimum absolute atomic E-state index is 0.0365. The molecule has 3 aromatic carbocycles. The van der Waals surface area contributed by atoms with Crippen LogP contribution in [0.5, 0.6) is 11.5 Å². The Morgan fingerprint density at radius 2 is 1.60 bits per heavy atom. The molecule has 0 fully saturated rings. The number of hydrogen-bond acceptors (Lipinski definition) is 6. The zero-order valence-electron chi connectivity index (χ0n) is 19.0. The molecule has 3 N–H and O–H groups in total. The summed E-state index contributed by atoms with van der Waals surface area (Å²) in [4.78, 5) is 25.3. The molecule has 1 atom stereocenters. The molecule has 0 aromatic heterocycles. The van der Waals surface area contributed by atoms with Crippen LogP contribution in [0.4, 0.5) is 5.69 Å². The van der Waals surface area contributed by atoms with Gasteiger partial charge in [-0.05, 0) is 36.8 Å². The lowest BCUT2D eigenvalue weighted by Crippen LogP contribution is -2.44. The first-order valence-electron chi connectivity index (χ1n) is 11.0. The van der Waals surface area contributed by atoms with Crippen molar-refractivity contribution in [2.75, 3.05) is 17.9 Å². The van der Waals surface area contributed by atoms with Gasteiger partial charge in [-0.1, -0.05) is 42.5 Å². The van der Waals surface area contributed by atoms with Gasteiger partial charge in [-0.25, -0.2) is 8.42 Å². The number of rotatable bonds is 8. The maximum Gasteiger partial charge on any atom is 0.262 e. The summed E-state index contributed by atoms with van der Waals surface area (Å²) in [5, 5.41) is 5.38. The van der Waals surface area contributed by atoms with Gasteiger partial charge in [0.1, 0.15) is 19.3 Å². The molecule has 1 unspecified atom stereocenters. The maximum absolute atomic E-state index is 13.0. The van der Waals surface area contributed by atoms with E-state index in [1.807, 2.05) is 30.3 Å². The lowest BCUT2D eigenvalue weighted by Gasteiger charge is -2.19. The number of amides is 2. The largest absolute Gasteiger partial charge is 0.486 e. The first kappa shape index (κ1) is 24.1. The van der Waals surface area contributed by atoms with Crippen LogP contribution in [0.15, 0.2) is 77.7 Å². The Labute approximate surface area is 203 Å². The Balaban J connectivity index is 1.44. The van der Waals surface area contributed by atoms with Gasteiger partial charge in [0.25, 0.3) is 15.9 Å². The number of carbonyl (C=O) groups excluding carboxylic acids is 2. The van der Waals surface area contributed by atoms with Crippen molar-refractivity contribution in [1.82, 2.24) is 10.6 Å². The van der Waals surface area contributed by atoms with Gasteiger partial charge in [0, 0.05) is 12.6 Å². The third-order valence-corrected chi connectivity index (χ3v) is 6.65. The number of anilines is 1. The van der Waals surface area contributed by atoms with Crippen molar-refractivity contribution in [3.8, 4) is 11.5 Å². The lowest BCUT2D eigenvalue weighted by molar-refractivity contribution is -0.122. The van der Waals surface area contributed by atoms with Gasteiger partial charge in [-0.3, -0.25) is 14.3 Å². The van der Waals surface area contributed by atoms with Crippen molar-refractivity contribution in [1.29, 1.82) is 0 Å². The maximum atomic E-state index is 13.0. The molecule has 4 rings (SSSR count). The zero-order chi connectivity index (χ0) is 24.8. The first-order chi connectivity index (χ1) is 16.8. The fourth-order valence-corrected chi connectivity index (χ4v) is 4.54. The van der Waals surface area contributed by atoms with Gasteiger partial charge in [-0.15, -0.1) is 0 Å². The number of hydrogen-bond donors (Lipinski definition) is 3. The molecule has 35 heavy (non-hydrogen) atoms. The van der Waals surface area contributed by atoms with Crippen LogP contribution in [0.25, 0.3) is 0 Å². The lowest BCUT2D eigenvalue weighted by atomic mass is 10.1. The third kappa shape index (κ3) is 5.90. The van der Waals surface area contributed by atoms with E-state index in [1.54, 1.807) is 19.1 Å². The van der Waals surface area contributed by atoms with Crippen LogP contribution in [-0.4, -0.2) is 39.5 Å². The van der Waals surface area contributed by atoms with E-state index in [2.05, 4.69) is 15.4 Å². The highest BCUT2D eigenvalue weighted by Crippen LogP contribution is 2.33. The minimum Gasteiger partial charge on any atom is -0.486 e. The van der Waals surface area contributed by atoms with Crippen molar-refractivity contribution >= 4 is 27.5 Å². The Hall–Kier alpha value is -4.05. The molecular weight excluding hydrogens is 470 g/mol. The molecule has 10 heteroatoms. The Morgan fingerprint density at radius 3 is 2.37 bits per heavy atom. The predicted octanol–water partition coefficient (Wildman–Crippen LogP) is 2.69. The molecule has 9 nitrogen and oxygen atoms in total. The quantitative estimate of drug-likeness (QED) is 0.442. The molecule has 0 radical (unpaired) electrons. The molecule has 3 aromatic rings. The number of para-hydroxylation sites is 1. The molecule has 0 saturated heterocycles. The SMILES string of the molecule is CC(NC(=O)c1ccccc1NS(=O)(=O)c1ccc2c(c1)OCCO2)C(=O)NCc1ccccc1. The zero-order valence-corrected chi connectivity index (χ0v) is 19.8. The van der Waals surface area contributed by atoms with E-state index in [0.29, 0.717) is 31.3 Å². The van der Waals surface area contributed by atoms with E-state index < -0.39 is 22.0 Å². The second kappa shape index (κ2) is 10.5. The summed E-state index contributed by atoms with van der Waals surface area (Å²) in [6.45, 7) is 2.60. The van der Waals surface area contributed by atoms with Crippen molar-refractivity contribution < 1.29 is 27.5 Å². The second-order valence-electron chi connectivity index (χ2n) is 7.86. The summed E-state index contributed by atoms with van der Waals surface area (Å²) in [5.41, 5.74) is 1.09. The second-order valence-corrected chi connectivity index (χ2v) is 9.54. The normalized spacial score (nSPS) is 13.4. The molecule has 2 amide bonds. The van der Waals surface area contributed by atoms with Gasteiger partial charge in [0.05, 0.1) is 16.1 Å². The minimum atomic E-state index is -4.03. The van der Waals surface area contributed by atoms with E-state index in [4.69, 9.17) is 9.47 Å². The van der Waals surface area contributed by atoms with E-state index in [9.17, 15) is 18.0 Å². The molecule has 0 saturated carbocycles. The molecule has 0 spiro atoms. The predicted molar refractivity (Wildman–Crippen MR) is 130 cm³/mol. The fraction of sp³-hybridized carbons (Fsp3) is 0.200. The van der Waals surface area contributed by atoms with Gasteiger partial charge in [0.15, 0.2) is 11.5 Å². The summed E-state index contributed by atoms with van der Waals surface area (Å²) in [5.74, 6) is -0.153. The number of sulfonamides is 1. The molecule has 182 valence electrons. The highest BCUT2D eigenvalue weighted by molar-refractivity contribution is 7.92. The molecule has 1 aliphatic rings. The summed E-state index contributed by atoms with van der Waals surface area (Å²) < 4.78 is 39.4. The number of ether oxygens (including phenoxy) is 2. The highest BCUT2D eigenvalue weighted by atomic mass is 32.2. The third-order valence-electron chi connectivity index (χ3n) is 5.29. The number of fused-ring (bicyclic) bond motifs is 1. The van der Waals surface area contributed by atoms with Crippen molar-refractivity contribution in [2.24, 2.45) is 0 Å². The Kier molecular flexibility index (Phi) is 7.21. The summed E-state index contributed by atoms with van der Waals surface area (Å²) in [6, 6.07) is 19.0. The number of benzene rings is 3. The van der Waals surface area contributed by atoms with E-state index >= 15 is 0 Å². The standard InChI is InChI=1S/C25H25N3O6S/c1-17(24(29)26-16-18-7-3-2-4-8-18)27-25(30)20-9-5-6-10-21(20)28-35(31,32)19-11-12-22-23(15-19)34-14-13-33-22/h2-12,15,17,28H,13-14,16H2,1H3,(H,26,29)(H,27,30). The molecule has 1 heterocycles. The Morgan fingerprint density at radius 1 is 0.914 bits per heavy atom. The smallest absolute Gasteiger partial charge is 0.262 e. The van der Waals surface area contributed by atoms with Gasteiger partial charge in [-0.2, -0.15) is 0 Å². The van der Waals surface area contributed by atoms with Crippen LogP contribution < -0.4 is 24.8 Å². The summed E-state index contributed by atoms with van der Waals surface area (Å²) in [6.07, 6.45) is 0. The fourth-order valence-electron chi connectivity index (χ4n) is 3.44. The first-order valence-corrected chi connectivity index (χ1v) is 12.5. The van der Waals surface area contributed by atoms with Crippen LogP contribution in [0.1, 0.15) is 22.8 Å².